The van der Waals surface area contributed by atoms with E-state index in [1.807, 2.05) is 31.3 Å². The summed E-state index contributed by atoms with van der Waals surface area (Å²) in [7, 11) is 1.96. The molecule has 0 fully saturated rings. The monoisotopic (exact) mass is 371 g/mol. The molecule has 0 aliphatic rings. The third kappa shape index (κ3) is 3.98. The third-order valence-corrected chi connectivity index (χ3v) is 4.83. The summed E-state index contributed by atoms with van der Waals surface area (Å²) < 4.78 is 1.13. The molecule has 0 aromatic heterocycles. The van der Waals surface area contributed by atoms with Crippen LogP contribution in [-0.4, -0.2) is 13.1 Å². The van der Waals surface area contributed by atoms with Crippen LogP contribution in [0.15, 0.2) is 46.9 Å². The average molecular weight is 373 g/mol. The minimum Gasteiger partial charge on any atom is -0.316 e. The van der Waals surface area contributed by atoms with Crippen LogP contribution in [0.4, 0.5) is 0 Å². The number of benzene rings is 2. The van der Waals surface area contributed by atoms with Crippen LogP contribution in [0, 0.1) is 0 Å². The minimum atomic E-state index is 0.283. The van der Waals surface area contributed by atoms with Gasteiger partial charge >= 0.3 is 0 Å². The van der Waals surface area contributed by atoms with Crippen molar-refractivity contribution in [2.45, 2.75) is 18.9 Å². The van der Waals surface area contributed by atoms with Crippen molar-refractivity contribution in [2.24, 2.45) is 0 Å². The van der Waals surface area contributed by atoms with Gasteiger partial charge < -0.3 is 5.32 Å². The molecule has 20 heavy (non-hydrogen) atoms. The molecule has 4 heteroatoms. The molecular weight excluding hydrogens is 357 g/mol. The molecule has 1 atom stereocenters. The Bertz CT molecular complexity index is 566. The van der Waals surface area contributed by atoms with Crippen molar-refractivity contribution < 1.29 is 0 Å². The summed E-state index contributed by atoms with van der Waals surface area (Å²) in [5, 5.41) is 4.80. The van der Waals surface area contributed by atoms with E-state index in [-0.39, 0.29) is 6.04 Å². The van der Waals surface area contributed by atoms with Crippen molar-refractivity contribution in [1.29, 1.82) is 0 Å². The van der Waals surface area contributed by atoms with Gasteiger partial charge in [-0.1, -0.05) is 63.4 Å². The van der Waals surface area contributed by atoms with Crippen LogP contribution in [0.2, 0.25) is 10.0 Å². The van der Waals surface area contributed by atoms with Gasteiger partial charge in [0.2, 0.25) is 0 Å². The molecule has 0 spiro atoms. The molecule has 2 aromatic carbocycles. The molecule has 1 N–H and O–H groups in total. The molecule has 1 unspecified atom stereocenters. The Morgan fingerprint density at radius 2 is 1.65 bits per heavy atom. The number of hydrogen-bond acceptors (Lipinski definition) is 1. The third-order valence-electron chi connectivity index (χ3n) is 3.34. The molecule has 0 heterocycles. The average Bonchev–Trinajstić information content (AvgIpc) is 2.44. The van der Waals surface area contributed by atoms with E-state index in [4.69, 9.17) is 23.2 Å². The van der Waals surface area contributed by atoms with E-state index < -0.39 is 0 Å². The highest BCUT2D eigenvalue weighted by atomic mass is 79.9. The zero-order valence-electron chi connectivity index (χ0n) is 11.2. The first kappa shape index (κ1) is 15.8. The molecule has 1 nitrogen and oxygen atoms in total. The molecule has 0 aliphatic heterocycles. The highest BCUT2D eigenvalue weighted by Crippen LogP contribution is 2.27. The first-order valence-electron chi connectivity index (χ1n) is 6.45. The van der Waals surface area contributed by atoms with Crippen LogP contribution in [0.25, 0.3) is 0 Å². The summed E-state index contributed by atoms with van der Waals surface area (Å²) in [6.45, 7) is 0. The zero-order valence-corrected chi connectivity index (χ0v) is 14.3. The predicted octanol–water partition coefficient (Wildman–Crippen LogP) is 5.13. The topological polar surface area (TPSA) is 12.0 Å². The fourth-order valence-corrected chi connectivity index (χ4v) is 3.18. The maximum Gasteiger partial charge on any atom is 0.0453 e. The molecule has 0 aliphatic carbocycles. The summed E-state index contributed by atoms with van der Waals surface area (Å²) >= 11 is 16.1. The van der Waals surface area contributed by atoms with Crippen LogP contribution in [-0.2, 0) is 12.8 Å². The number of likely N-dealkylation sites (N-methyl/N-ethyl adjacent to an activating group) is 1. The van der Waals surface area contributed by atoms with Crippen LogP contribution < -0.4 is 5.32 Å². The van der Waals surface area contributed by atoms with E-state index in [0.29, 0.717) is 0 Å². The Hall–Kier alpha value is -0.540. The second-order valence-electron chi connectivity index (χ2n) is 4.69. The smallest absolute Gasteiger partial charge is 0.0453 e. The molecule has 2 aromatic rings. The van der Waals surface area contributed by atoms with E-state index in [0.717, 1.165) is 32.9 Å². The summed E-state index contributed by atoms with van der Waals surface area (Å²) in [5.41, 5.74) is 2.28. The summed E-state index contributed by atoms with van der Waals surface area (Å²) in [5.74, 6) is 0. The molecule has 0 saturated heterocycles. The first-order valence-corrected chi connectivity index (χ1v) is 8.00. The van der Waals surface area contributed by atoms with Gasteiger partial charge in [0.05, 0.1) is 0 Å². The molecule has 2 rings (SSSR count). The van der Waals surface area contributed by atoms with Gasteiger partial charge in [0.25, 0.3) is 0 Å². The normalized spacial score (nSPS) is 12.4. The Morgan fingerprint density at radius 1 is 1.00 bits per heavy atom. The van der Waals surface area contributed by atoms with Crippen LogP contribution in [0.3, 0.4) is 0 Å². The summed E-state index contributed by atoms with van der Waals surface area (Å²) in [6.07, 6.45) is 1.72. The van der Waals surface area contributed by atoms with Gasteiger partial charge in [-0.25, -0.2) is 0 Å². The fraction of sp³-hybridized carbons (Fsp3) is 0.250. The second-order valence-corrected chi connectivity index (χ2v) is 6.35. The Labute approximate surface area is 138 Å². The number of nitrogens with one attached hydrogen (secondary N) is 1. The number of halogens is 3. The lowest BCUT2D eigenvalue weighted by atomic mass is 9.99. The molecular formula is C16H16BrCl2N. The van der Waals surface area contributed by atoms with E-state index >= 15 is 0 Å². The molecule has 0 radical (unpaired) electrons. The minimum absolute atomic E-state index is 0.283. The van der Waals surface area contributed by atoms with Gasteiger partial charge in [-0.05, 0) is 49.2 Å². The van der Waals surface area contributed by atoms with Gasteiger partial charge in [-0.15, -0.1) is 0 Å². The SMILES string of the molecule is CNC(Cc1ccccc1Br)Cc1c(Cl)cccc1Cl. The highest BCUT2D eigenvalue weighted by Gasteiger charge is 2.14. The summed E-state index contributed by atoms with van der Waals surface area (Å²) in [4.78, 5) is 0. The largest absolute Gasteiger partial charge is 0.316 e. The maximum atomic E-state index is 6.24. The lowest BCUT2D eigenvalue weighted by molar-refractivity contribution is 0.556. The Kier molecular flexibility index (Phi) is 5.91. The van der Waals surface area contributed by atoms with E-state index in [1.165, 1.54) is 5.56 Å². The van der Waals surface area contributed by atoms with Crippen molar-refractivity contribution in [3.8, 4) is 0 Å². The van der Waals surface area contributed by atoms with Crippen LogP contribution in [0.1, 0.15) is 11.1 Å². The van der Waals surface area contributed by atoms with Gasteiger partial charge in [0, 0.05) is 20.6 Å². The zero-order chi connectivity index (χ0) is 14.5. The second kappa shape index (κ2) is 7.46. The van der Waals surface area contributed by atoms with Gasteiger partial charge in [0.1, 0.15) is 0 Å². The van der Waals surface area contributed by atoms with Crippen molar-refractivity contribution in [3.63, 3.8) is 0 Å². The van der Waals surface area contributed by atoms with Crippen LogP contribution >= 0.6 is 39.1 Å². The van der Waals surface area contributed by atoms with Crippen molar-refractivity contribution >= 4 is 39.1 Å². The lowest BCUT2D eigenvalue weighted by Gasteiger charge is -2.18. The van der Waals surface area contributed by atoms with E-state index in [1.54, 1.807) is 0 Å². The number of hydrogen-bond donors (Lipinski definition) is 1. The Balaban J connectivity index is 2.16. The van der Waals surface area contributed by atoms with Gasteiger partial charge in [-0.2, -0.15) is 0 Å². The van der Waals surface area contributed by atoms with Crippen molar-refractivity contribution in [2.75, 3.05) is 7.05 Å². The van der Waals surface area contributed by atoms with Crippen LogP contribution in [0.5, 0.6) is 0 Å². The van der Waals surface area contributed by atoms with Gasteiger partial charge in [0.15, 0.2) is 0 Å². The van der Waals surface area contributed by atoms with E-state index in [2.05, 4.69) is 39.4 Å². The van der Waals surface area contributed by atoms with Gasteiger partial charge in [-0.3, -0.25) is 0 Å². The molecule has 0 amide bonds. The van der Waals surface area contributed by atoms with Crippen molar-refractivity contribution in [1.82, 2.24) is 5.32 Å². The fourth-order valence-electron chi connectivity index (χ4n) is 2.18. The predicted molar refractivity (Wildman–Crippen MR) is 90.9 cm³/mol. The molecule has 0 bridgehead atoms. The molecule has 0 saturated carbocycles. The summed E-state index contributed by atoms with van der Waals surface area (Å²) in [6, 6.07) is 14.2. The molecule has 106 valence electrons. The maximum absolute atomic E-state index is 6.24. The first-order chi connectivity index (χ1) is 9.61. The Morgan fingerprint density at radius 3 is 2.25 bits per heavy atom. The standard InChI is InChI=1S/C16H16BrCl2N/c1-20-12(9-11-5-2-3-6-14(11)17)10-13-15(18)7-4-8-16(13)19/h2-8,12,20H,9-10H2,1H3. The van der Waals surface area contributed by atoms with E-state index in [9.17, 15) is 0 Å². The quantitative estimate of drug-likeness (QED) is 0.767. The lowest BCUT2D eigenvalue weighted by Crippen LogP contribution is -2.30. The highest BCUT2D eigenvalue weighted by molar-refractivity contribution is 9.10. The van der Waals surface area contributed by atoms with Crippen molar-refractivity contribution in [3.05, 3.63) is 68.1 Å². The number of rotatable bonds is 5.